The van der Waals surface area contributed by atoms with Crippen LogP contribution in [0.15, 0.2) is 0 Å². The van der Waals surface area contributed by atoms with E-state index in [9.17, 15) is 18.0 Å². The third-order valence-electron chi connectivity index (χ3n) is 2.72. The SMILES string of the molecule is CCCCCCCCOC(=O)C(CC(=O)O)S(=O)(=O)O.[KH]. The number of carbonyl (C=O) groups is 2. The number of aliphatic carboxylic acids is 1. The maximum absolute atomic E-state index is 11.4. The van der Waals surface area contributed by atoms with E-state index in [4.69, 9.17) is 14.4 Å². The Morgan fingerprint density at radius 1 is 1.10 bits per heavy atom. The van der Waals surface area contributed by atoms with E-state index >= 15 is 0 Å². The summed E-state index contributed by atoms with van der Waals surface area (Å²) in [5.41, 5.74) is 0. The maximum atomic E-state index is 11.4. The average Bonchev–Trinajstić information content (AvgIpc) is 2.33. The predicted molar refractivity (Wildman–Crippen MR) is 79.1 cm³/mol. The third-order valence-corrected chi connectivity index (χ3v) is 3.80. The molecule has 2 N–H and O–H groups in total. The van der Waals surface area contributed by atoms with Crippen molar-refractivity contribution in [3.8, 4) is 0 Å². The first-order valence-electron chi connectivity index (χ1n) is 6.63. The fourth-order valence-corrected chi connectivity index (χ4v) is 2.28. The second-order valence-electron chi connectivity index (χ2n) is 4.54. The van der Waals surface area contributed by atoms with Crippen LogP contribution in [0.1, 0.15) is 51.9 Å². The van der Waals surface area contributed by atoms with E-state index in [0.717, 1.165) is 32.1 Å². The summed E-state index contributed by atoms with van der Waals surface area (Å²) in [7, 11) is -4.77. The summed E-state index contributed by atoms with van der Waals surface area (Å²) in [4.78, 5) is 21.9. The molecule has 0 rings (SSSR count). The van der Waals surface area contributed by atoms with Crippen LogP contribution in [0.4, 0.5) is 0 Å². The fourth-order valence-electron chi connectivity index (χ4n) is 1.62. The van der Waals surface area contributed by atoms with Gasteiger partial charge in [0, 0.05) is 0 Å². The zero-order valence-electron chi connectivity index (χ0n) is 11.6. The molecule has 0 aromatic rings. The summed E-state index contributed by atoms with van der Waals surface area (Å²) < 4.78 is 35.3. The van der Waals surface area contributed by atoms with Crippen LogP contribution in [0, 0.1) is 0 Å². The van der Waals surface area contributed by atoms with Crippen LogP contribution in [0.5, 0.6) is 0 Å². The number of esters is 1. The van der Waals surface area contributed by atoms with Gasteiger partial charge in [0.1, 0.15) is 0 Å². The van der Waals surface area contributed by atoms with Crippen molar-refractivity contribution in [1.29, 1.82) is 0 Å². The van der Waals surface area contributed by atoms with Gasteiger partial charge in [0.25, 0.3) is 10.1 Å². The van der Waals surface area contributed by atoms with Crippen LogP contribution >= 0.6 is 0 Å². The van der Waals surface area contributed by atoms with E-state index in [-0.39, 0.29) is 58.0 Å². The Morgan fingerprint density at radius 2 is 1.62 bits per heavy atom. The first-order chi connectivity index (χ1) is 9.29. The minimum atomic E-state index is -4.77. The molecule has 0 amide bonds. The number of carboxylic acid groups (broad SMARTS) is 1. The van der Waals surface area contributed by atoms with Gasteiger partial charge in [0.2, 0.25) is 0 Å². The van der Waals surface area contributed by atoms with Gasteiger partial charge < -0.3 is 9.84 Å². The van der Waals surface area contributed by atoms with E-state index in [2.05, 4.69) is 6.92 Å². The van der Waals surface area contributed by atoms with E-state index < -0.39 is 33.7 Å². The van der Waals surface area contributed by atoms with Crippen LogP contribution in [-0.4, -0.2) is 93.3 Å². The third kappa shape index (κ3) is 12.7. The Hall–Kier alpha value is 0.486. The number of ether oxygens (including phenoxy) is 1. The molecule has 0 bridgehead atoms. The molecule has 1 atom stereocenters. The topological polar surface area (TPSA) is 118 Å². The van der Waals surface area contributed by atoms with Crippen LogP contribution in [0.3, 0.4) is 0 Å². The van der Waals surface area contributed by atoms with Gasteiger partial charge in [-0.15, -0.1) is 0 Å². The van der Waals surface area contributed by atoms with Crippen molar-refractivity contribution in [1.82, 2.24) is 0 Å². The molecule has 0 aromatic heterocycles. The number of hydrogen-bond donors (Lipinski definition) is 2. The molecule has 9 heteroatoms. The summed E-state index contributed by atoms with van der Waals surface area (Å²) in [5, 5.41) is 6.45. The summed E-state index contributed by atoms with van der Waals surface area (Å²) >= 11 is 0. The zero-order chi connectivity index (χ0) is 15.6. The molecular formula is C12H23KO7S. The number of carbonyl (C=O) groups excluding carboxylic acids is 1. The molecule has 0 saturated carbocycles. The molecule has 1 unspecified atom stereocenters. The fraction of sp³-hybridized carbons (Fsp3) is 0.833. The van der Waals surface area contributed by atoms with Crippen LogP contribution < -0.4 is 0 Å². The van der Waals surface area contributed by atoms with Gasteiger partial charge in [0.15, 0.2) is 5.25 Å². The first kappa shape index (κ1) is 23.7. The molecule has 0 spiro atoms. The molecule has 0 radical (unpaired) electrons. The van der Waals surface area contributed by atoms with Gasteiger partial charge in [-0.05, 0) is 6.42 Å². The van der Waals surface area contributed by atoms with E-state index in [1.54, 1.807) is 0 Å². The van der Waals surface area contributed by atoms with Gasteiger partial charge in [0.05, 0.1) is 13.0 Å². The van der Waals surface area contributed by atoms with E-state index in [1.807, 2.05) is 0 Å². The van der Waals surface area contributed by atoms with Crippen LogP contribution in [0.2, 0.25) is 0 Å². The van der Waals surface area contributed by atoms with E-state index in [1.165, 1.54) is 0 Å². The Balaban J connectivity index is 0. The normalized spacial score (nSPS) is 12.3. The van der Waals surface area contributed by atoms with Crippen molar-refractivity contribution >= 4 is 73.4 Å². The molecule has 0 aliphatic carbocycles. The Kier molecular flexibility index (Phi) is 14.7. The molecule has 0 fully saturated rings. The van der Waals surface area contributed by atoms with Gasteiger partial charge in [-0.3, -0.25) is 14.1 Å². The predicted octanol–water partition coefficient (Wildman–Crippen LogP) is 0.973. The molecule has 0 heterocycles. The zero-order valence-corrected chi connectivity index (χ0v) is 12.4. The van der Waals surface area contributed by atoms with Crippen molar-refractivity contribution in [2.24, 2.45) is 0 Å². The number of hydrogen-bond acceptors (Lipinski definition) is 5. The second-order valence-corrected chi connectivity index (χ2v) is 6.14. The molecule has 0 aliphatic heterocycles. The van der Waals surface area contributed by atoms with Gasteiger partial charge in [-0.2, -0.15) is 8.42 Å². The van der Waals surface area contributed by atoms with Crippen molar-refractivity contribution in [3.63, 3.8) is 0 Å². The summed E-state index contributed by atoms with van der Waals surface area (Å²) in [6, 6.07) is 0. The summed E-state index contributed by atoms with van der Waals surface area (Å²) in [6.45, 7) is 2.12. The number of unbranched alkanes of at least 4 members (excludes halogenated alkanes) is 5. The van der Waals surface area contributed by atoms with Gasteiger partial charge in [-0.25, -0.2) is 0 Å². The van der Waals surface area contributed by atoms with Gasteiger partial charge >= 0.3 is 63.3 Å². The Morgan fingerprint density at radius 3 is 2.10 bits per heavy atom. The quantitative estimate of drug-likeness (QED) is 0.247. The van der Waals surface area contributed by atoms with Crippen molar-refractivity contribution in [3.05, 3.63) is 0 Å². The molecular weight excluding hydrogens is 327 g/mol. The summed E-state index contributed by atoms with van der Waals surface area (Å²) in [6.07, 6.45) is 4.79. The van der Waals surface area contributed by atoms with Crippen molar-refractivity contribution in [2.75, 3.05) is 6.61 Å². The molecule has 7 nitrogen and oxygen atoms in total. The molecule has 120 valence electrons. The summed E-state index contributed by atoms with van der Waals surface area (Å²) in [5.74, 6) is -2.72. The molecule has 0 saturated heterocycles. The molecule has 0 aliphatic rings. The monoisotopic (exact) mass is 350 g/mol. The minimum absolute atomic E-state index is 0. The average molecular weight is 350 g/mol. The Labute approximate surface area is 168 Å². The van der Waals surface area contributed by atoms with Crippen molar-refractivity contribution in [2.45, 2.75) is 57.1 Å². The number of rotatable bonds is 11. The van der Waals surface area contributed by atoms with E-state index in [0.29, 0.717) is 6.42 Å². The standard InChI is InChI=1S/C12H22O7S.K.H/c1-2-3-4-5-6-7-8-19-12(15)10(9-11(13)14)20(16,17)18;;/h10H,2-9H2,1H3,(H,13,14)(H,16,17,18);;. The van der Waals surface area contributed by atoms with Crippen LogP contribution in [-0.2, 0) is 24.4 Å². The molecule has 0 aromatic carbocycles. The second kappa shape index (κ2) is 13.0. The van der Waals surface area contributed by atoms with Crippen LogP contribution in [0.25, 0.3) is 0 Å². The molecule has 21 heavy (non-hydrogen) atoms. The van der Waals surface area contributed by atoms with Crippen molar-refractivity contribution < 1.29 is 32.4 Å². The number of carboxylic acids is 1. The first-order valence-corrected chi connectivity index (χ1v) is 8.14. The Bertz CT molecular complexity index is 408. The van der Waals surface area contributed by atoms with Gasteiger partial charge in [-0.1, -0.05) is 39.0 Å².